The third-order valence-electron chi connectivity index (χ3n) is 2.54. The second kappa shape index (κ2) is 6.48. The molecule has 0 spiro atoms. The Balaban J connectivity index is 2.84. The summed E-state index contributed by atoms with van der Waals surface area (Å²) < 4.78 is 24.3. The number of nitrogens with one attached hydrogen (secondary N) is 2. The molecule has 10 heteroatoms. The maximum Gasteiger partial charge on any atom is 0.311 e. The molecule has 2 N–H and O–H groups in total. The van der Waals surface area contributed by atoms with Crippen molar-refractivity contribution < 1.29 is 13.3 Å². The normalized spacial score (nSPS) is 11.4. The SMILES string of the molecule is CNc1ccc([N+](=O)[O-])c(NCCS(=O)(=O)N(C)C)n1. The predicted octanol–water partition coefficient (Wildman–Crippen LogP) is 0.335. The van der Waals surface area contributed by atoms with Crippen molar-refractivity contribution in [2.24, 2.45) is 0 Å². The van der Waals surface area contributed by atoms with Crippen LogP contribution >= 0.6 is 0 Å². The molecule has 9 nitrogen and oxygen atoms in total. The van der Waals surface area contributed by atoms with Crippen LogP contribution < -0.4 is 10.6 Å². The molecule has 1 heterocycles. The Morgan fingerprint density at radius 3 is 2.55 bits per heavy atom. The molecule has 0 amide bonds. The lowest BCUT2D eigenvalue weighted by molar-refractivity contribution is -0.384. The van der Waals surface area contributed by atoms with E-state index in [9.17, 15) is 18.5 Å². The van der Waals surface area contributed by atoms with Crippen LogP contribution in [0.25, 0.3) is 0 Å². The average Bonchev–Trinajstić information content (AvgIpc) is 2.37. The standard InChI is InChI=1S/C10H17N5O4S/c1-11-9-5-4-8(15(16)17)10(13-9)12-6-7-20(18,19)14(2)3/h4-5H,6-7H2,1-3H3,(H2,11,12,13). The third-order valence-corrected chi connectivity index (χ3v) is 4.37. The van der Waals surface area contributed by atoms with Crippen molar-refractivity contribution in [3.05, 3.63) is 22.2 Å². The van der Waals surface area contributed by atoms with Crippen LogP contribution in [-0.2, 0) is 10.0 Å². The van der Waals surface area contributed by atoms with Gasteiger partial charge in [0.1, 0.15) is 5.82 Å². The number of rotatable bonds is 7. The molecule has 112 valence electrons. The number of anilines is 2. The van der Waals surface area contributed by atoms with Crippen LogP contribution in [0.1, 0.15) is 0 Å². The van der Waals surface area contributed by atoms with Gasteiger partial charge in [-0.05, 0) is 6.07 Å². The van der Waals surface area contributed by atoms with Crippen molar-refractivity contribution in [3.8, 4) is 0 Å². The van der Waals surface area contributed by atoms with Crippen LogP contribution in [0.2, 0.25) is 0 Å². The smallest absolute Gasteiger partial charge is 0.311 e. The number of pyridine rings is 1. The summed E-state index contributed by atoms with van der Waals surface area (Å²) in [6.07, 6.45) is 0. The molecule has 1 aromatic rings. The Morgan fingerprint density at radius 1 is 1.40 bits per heavy atom. The van der Waals surface area contributed by atoms with E-state index in [1.54, 1.807) is 7.05 Å². The maximum atomic E-state index is 11.6. The minimum Gasteiger partial charge on any atom is -0.373 e. The molecule has 0 saturated carbocycles. The summed E-state index contributed by atoms with van der Waals surface area (Å²) in [7, 11) is 1.13. The van der Waals surface area contributed by atoms with Crippen molar-refractivity contribution in [1.82, 2.24) is 9.29 Å². The highest BCUT2D eigenvalue weighted by Crippen LogP contribution is 2.23. The van der Waals surface area contributed by atoms with E-state index in [0.717, 1.165) is 4.31 Å². The highest BCUT2D eigenvalue weighted by Gasteiger charge is 2.18. The summed E-state index contributed by atoms with van der Waals surface area (Å²) in [6.45, 7) is 0.0293. The van der Waals surface area contributed by atoms with Crippen LogP contribution in [0, 0.1) is 10.1 Å². The van der Waals surface area contributed by atoms with Crippen LogP contribution in [0.15, 0.2) is 12.1 Å². The van der Waals surface area contributed by atoms with Gasteiger partial charge >= 0.3 is 5.69 Å². The van der Waals surface area contributed by atoms with Gasteiger partial charge in [0.05, 0.1) is 10.7 Å². The zero-order valence-electron chi connectivity index (χ0n) is 11.5. The first kappa shape index (κ1) is 16.1. The van der Waals surface area contributed by atoms with Gasteiger partial charge in [-0.3, -0.25) is 10.1 Å². The molecule has 1 aromatic heterocycles. The Kier molecular flexibility index (Phi) is 5.22. The van der Waals surface area contributed by atoms with Gasteiger partial charge in [0.2, 0.25) is 15.8 Å². The van der Waals surface area contributed by atoms with E-state index in [4.69, 9.17) is 0 Å². The number of nitro groups is 1. The summed E-state index contributed by atoms with van der Waals surface area (Å²) in [4.78, 5) is 14.3. The number of aromatic nitrogens is 1. The molecule has 0 unspecified atom stereocenters. The first-order valence-electron chi connectivity index (χ1n) is 5.75. The lowest BCUT2D eigenvalue weighted by Gasteiger charge is -2.12. The highest BCUT2D eigenvalue weighted by molar-refractivity contribution is 7.89. The molecule has 0 aliphatic carbocycles. The zero-order valence-corrected chi connectivity index (χ0v) is 12.3. The second-order valence-electron chi connectivity index (χ2n) is 4.10. The summed E-state index contributed by atoms with van der Waals surface area (Å²) in [5.41, 5.74) is -0.203. The Labute approximate surface area is 117 Å². The molecule has 0 radical (unpaired) electrons. The summed E-state index contributed by atoms with van der Waals surface area (Å²) in [5, 5.41) is 16.3. The third kappa shape index (κ3) is 4.03. The number of hydrogen-bond donors (Lipinski definition) is 2. The maximum absolute atomic E-state index is 11.6. The molecule has 0 fully saturated rings. The Bertz CT molecular complexity index is 587. The van der Waals surface area contributed by atoms with Gasteiger partial charge in [-0.25, -0.2) is 17.7 Å². The van der Waals surface area contributed by atoms with E-state index < -0.39 is 14.9 Å². The van der Waals surface area contributed by atoms with Gasteiger partial charge in [-0.15, -0.1) is 0 Å². The molecule has 0 aromatic carbocycles. The van der Waals surface area contributed by atoms with Gasteiger partial charge < -0.3 is 10.6 Å². The average molecular weight is 303 g/mol. The monoisotopic (exact) mass is 303 g/mol. The fraction of sp³-hybridized carbons (Fsp3) is 0.500. The molecule has 0 bridgehead atoms. The summed E-state index contributed by atoms with van der Waals surface area (Å²) in [6, 6.07) is 2.78. The lowest BCUT2D eigenvalue weighted by atomic mass is 10.3. The second-order valence-corrected chi connectivity index (χ2v) is 6.40. The van der Waals surface area contributed by atoms with E-state index in [1.807, 2.05) is 0 Å². The van der Waals surface area contributed by atoms with E-state index in [-0.39, 0.29) is 23.8 Å². The number of hydrogen-bond acceptors (Lipinski definition) is 7. The Hall–Kier alpha value is -1.94. The Morgan fingerprint density at radius 2 is 2.05 bits per heavy atom. The molecule has 1 rings (SSSR count). The topological polar surface area (TPSA) is 117 Å². The molecular formula is C10H17N5O4S. The minimum absolute atomic E-state index is 0.0293. The van der Waals surface area contributed by atoms with Crippen LogP contribution in [0.4, 0.5) is 17.3 Å². The number of sulfonamides is 1. The quantitative estimate of drug-likeness (QED) is 0.550. The van der Waals surface area contributed by atoms with Crippen LogP contribution in [-0.4, -0.2) is 56.1 Å². The molecule has 0 atom stereocenters. The molecule has 0 saturated heterocycles. The molecule has 0 aliphatic rings. The lowest BCUT2D eigenvalue weighted by Crippen LogP contribution is -2.28. The van der Waals surface area contributed by atoms with Crippen molar-refractivity contribution in [1.29, 1.82) is 0 Å². The van der Waals surface area contributed by atoms with Crippen LogP contribution in [0.5, 0.6) is 0 Å². The van der Waals surface area contributed by atoms with Gasteiger partial charge in [0.25, 0.3) is 0 Å². The van der Waals surface area contributed by atoms with Gasteiger partial charge in [-0.1, -0.05) is 0 Å². The van der Waals surface area contributed by atoms with E-state index >= 15 is 0 Å². The van der Waals surface area contributed by atoms with Gasteiger partial charge in [0.15, 0.2) is 0 Å². The van der Waals surface area contributed by atoms with Crippen molar-refractivity contribution in [2.75, 3.05) is 44.1 Å². The zero-order chi connectivity index (χ0) is 15.3. The fourth-order valence-electron chi connectivity index (χ4n) is 1.35. The van der Waals surface area contributed by atoms with E-state index in [1.165, 1.54) is 26.2 Å². The predicted molar refractivity (Wildman–Crippen MR) is 76.4 cm³/mol. The highest BCUT2D eigenvalue weighted by atomic mass is 32.2. The fourth-order valence-corrected chi connectivity index (χ4v) is 2.07. The van der Waals surface area contributed by atoms with Crippen molar-refractivity contribution >= 4 is 27.3 Å². The number of nitrogens with zero attached hydrogens (tertiary/aromatic N) is 3. The first-order valence-corrected chi connectivity index (χ1v) is 7.36. The van der Waals surface area contributed by atoms with E-state index in [2.05, 4.69) is 15.6 Å². The summed E-state index contributed by atoms with van der Waals surface area (Å²) in [5.74, 6) is 0.312. The first-order chi connectivity index (χ1) is 9.27. The molecule has 0 aliphatic heterocycles. The van der Waals surface area contributed by atoms with Crippen molar-refractivity contribution in [3.63, 3.8) is 0 Å². The molecule has 20 heavy (non-hydrogen) atoms. The van der Waals surface area contributed by atoms with Gasteiger partial charge in [0, 0.05) is 33.8 Å². The summed E-state index contributed by atoms with van der Waals surface area (Å²) >= 11 is 0. The molecular weight excluding hydrogens is 286 g/mol. The van der Waals surface area contributed by atoms with Crippen LogP contribution in [0.3, 0.4) is 0 Å². The van der Waals surface area contributed by atoms with Gasteiger partial charge in [-0.2, -0.15) is 0 Å². The van der Waals surface area contributed by atoms with E-state index in [0.29, 0.717) is 5.82 Å². The minimum atomic E-state index is -3.36. The van der Waals surface area contributed by atoms with Crippen molar-refractivity contribution in [2.45, 2.75) is 0 Å². The largest absolute Gasteiger partial charge is 0.373 e.